The summed E-state index contributed by atoms with van der Waals surface area (Å²) in [5, 5.41) is 0. The number of anilines is 1. The molecule has 2 aromatic rings. The zero-order valence-electron chi connectivity index (χ0n) is 12.8. The van der Waals surface area contributed by atoms with Gasteiger partial charge >= 0.3 is 0 Å². The first-order chi connectivity index (χ1) is 10.0. The normalized spacial score (nSPS) is 12.2. The van der Waals surface area contributed by atoms with E-state index >= 15 is 0 Å². The lowest BCUT2D eigenvalue weighted by Crippen LogP contribution is -2.25. The Morgan fingerprint density at radius 1 is 1.24 bits per heavy atom. The second-order valence-electron chi connectivity index (χ2n) is 5.25. The molecular weight excluding hydrogens is 265 g/mol. The molecule has 0 aliphatic heterocycles. The van der Waals surface area contributed by atoms with Crippen molar-refractivity contribution < 1.29 is 4.39 Å². The maximum Gasteiger partial charge on any atom is 0.130 e. The highest BCUT2D eigenvalue weighted by Crippen LogP contribution is 2.28. The predicted octanol–water partition coefficient (Wildman–Crippen LogP) is 3.58. The molecule has 0 radical (unpaired) electrons. The van der Waals surface area contributed by atoms with Gasteiger partial charge in [0.25, 0.3) is 0 Å². The summed E-state index contributed by atoms with van der Waals surface area (Å²) in [5.74, 6) is -0.252. The molecule has 112 valence electrons. The zero-order chi connectivity index (χ0) is 15.4. The number of nitrogens with two attached hydrogens (primary N) is 1. The number of nitrogens with zero attached hydrogens (tertiary/aromatic N) is 2. The van der Waals surface area contributed by atoms with Crippen molar-refractivity contribution in [1.82, 2.24) is 4.98 Å². The predicted molar refractivity (Wildman–Crippen MR) is 84.7 cm³/mol. The van der Waals surface area contributed by atoms with Gasteiger partial charge in [0.15, 0.2) is 0 Å². The van der Waals surface area contributed by atoms with Crippen molar-refractivity contribution in [2.24, 2.45) is 5.73 Å². The van der Waals surface area contributed by atoms with E-state index < -0.39 is 0 Å². The smallest absolute Gasteiger partial charge is 0.130 e. The molecule has 0 aliphatic carbocycles. The van der Waals surface area contributed by atoms with Crippen LogP contribution in [-0.2, 0) is 6.54 Å². The summed E-state index contributed by atoms with van der Waals surface area (Å²) in [6.45, 7) is 7.22. The van der Waals surface area contributed by atoms with Crippen LogP contribution >= 0.6 is 0 Å². The number of hydrogen-bond acceptors (Lipinski definition) is 3. The molecule has 21 heavy (non-hydrogen) atoms. The van der Waals surface area contributed by atoms with Crippen molar-refractivity contribution in [2.45, 2.75) is 33.4 Å². The largest absolute Gasteiger partial charge is 0.366 e. The first-order valence-corrected chi connectivity index (χ1v) is 7.24. The molecule has 1 heterocycles. The van der Waals surface area contributed by atoms with E-state index in [1.165, 1.54) is 6.07 Å². The maximum absolute atomic E-state index is 14.1. The molecule has 0 aliphatic rings. The summed E-state index contributed by atoms with van der Waals surface area (Å²) in [4.78, 5) is 6.62. The third kappa shape index (κ3) is 3.58. The van der Waals surface area contributed by atoms with Crippen LogP contribution in [-0.4, -0.2) is 11.5 Å². The topological polar surface area (TPSA) is 42.2 Å². The van der Waals surface area contributed by atoms with Crippen LogP contribution in [0.4, 0.5) is 10.1 Å². The van der Waals surface area contributed by atoms with Crippen molar-refractivity contribution in [3.63, 3.8) is 0 Å². The van der Waals surface area contributed by atoms with Gasteiger partial charge in [-0.15, -0.1) is 0 Å². The summed E-state index contributed by atoms with van der Waals surface area (Å²) in [5.41, 5.74) is 9.30. The van der Waals surface area contributed by atoms with Gasteiger partial charge in [0, 0.05) is 29.5 Å². The average Bonchev–Trinajstić information content (AvgIpc) is 2.44. The second kappa shape index (κ2) is 6.68. The number of halogens is 1. The van der Waals surface area contributed by atoms with Gasteiger partial charge in [0.2, 0.25) is 0 Å². The highest BCUT2D eigenvalue weighted by atomic mass is 19.1. The quantitative estimate of drug-likeness (QED) is 0.914. The number of aryl methyl sites for hydroxylation is 1. The molecule has 0 spiro atoms. The van der Waals surface area contributed by atoms with Crippen LogP contribution in [0.3, 0.4) is 0 Å². The Labute approximate surface area is 125 Å². The zero-order valence-corrected chi connectivity index (χ0v) is 12.8. The first kappa shape index (κ1) is 15.4. The lowest BCUT2D eigenvalue weighted by molar-refractivity contribution is 0.591. The van der Waals surface area contributed by atoms with Crippen molar-refractivity contribution in [3.05, 3.63) is 59.2 Å². The third-order valence-electron chi connectivity index (χ3n) is 3.51. The van der Waals surface area contributed by atoms with Crippen LogP contribution < -0.4 is 10.6 Å². The lowest BCUT2D eigenvalue weighted by atomic mass is 10.0. The molecule has 2 N–H and O–H groups in total. The molecular formula is C17H22FN3. The van der Waals surface area contributed by atoms with E-state index in [0.717, 1.165) is 23.6 Å². The van der Waals surface area contributed by atoms with Crippen molar-refractivity contribution in [3.8, 4) is 0 Å². The van der Waals surface area contributed by atoms with E-state index in [1.54, 1.807) is 13.0 Å². The average molecular weight is 287 g/mol. The van der Waals surface area contributed by atoms with E-state index in [4.69, 9.17) is 5.73 Å². The fraction of sp³-hybridized carbons (Fsp3) is 0.353. The standard InChI is InChI=1S/C17H22FN3/c1-4-21(11-14-8-5-7-12(2)20-14)16-10-6-9-15(18)17(16)13(3)19/h5-10,13H,4,11,19H2,1-3H3. The Kier molecular flexibility index (Phi) is 4.91. The molecule has 1 aromatic carbocycles. The molecule has 0 fully saturated rings. The molecule has 0 bridgehead atoms. The summed E-state index contributed by atoms with van der Waals surface area (Å²) >= 11 is 0. The number of pyridine rings is 1. The number of aromatic nitrogens is 1. The van der Waals surface area contributed by atoms with E-state index in [1.807, 2.05) is 38.1 Å². The van der Waals surface area contributed by atoms with Crippen molar-refractivity contribution in [2.75, 3.05) is 11.4 Å². The number of rotatable bonds is 5. The van der Waals surface area contributed by atoms with Crippen molar-refractivity contribution in [1.29, 1.82) is 0 Å². The molecule has 0 amide bonds. The third-order valence-corrected chi connectivity index (χ3v) is 3.51. The van der Waals surface area contributed by atoms with Gasteiger partial charge in [-0.2, -0.15) is 0 Å². The monoisotopic (exact) mass is 287 g/mol. The SMILES string of the molecule is CCN(Cc1cccc(C)n1)c1cccc(F)c1C(C)N. The van der Waals surface area contributed by atoms with E-state index in [0.29, 0.717) is 12.1 Å². The van der Waals surface area contributed by atoms with Crippen molar-refractivity contribution >= 4 is 5.69 Å². The Hall–Kier alpha value is -1.94. The van der Waals surface area contributed by atoms with E-state index in [9.17, 15) is 4.39 Å². The summed E-state index contributed by atoms with van der Waals surface area (Å²) in [6.07, 6.45) is 0. The second-order valence-corrected chi connectivity index (χ2v) is 5.25. The Morgan fingerprint density at radius 2 is 1.95 bits per heavy atom. The summed E-state index contributed by atoms with van der Waals surface area (Å²) in [6, 6.07) is 10.7. The van der Waals surface area contributed by atoms with Crippen LogP contribution in [0, 0.1) is 12.7 Å². The molecule has 4 heteroatoms. The van der Waals surface area contributed by atoms with E-state index in [-0.39, 0.29) is 11.9 Å². The fourth-order valence-electron chi connectivity index (χ4n) is 2.50. The summed E-state index contributed by atoms with van der Waals surface area (Å²) < 4.78 is 14.1. The van der Waals surface area contributed by atoms with Crippen LogP contribution in [0.2, 0.25) is 0 Å². The number of benzene rings is 1. The molecule has 2 rings (SSSR count). The van der Waals surface area contributed by atoms with Gasteiger partial charge in [-0.1, -0.05) is 12.1 Å². The minimum Gasteiger partial charge on any atom is -0.366 e. The maximum atomic E-state index is 14.1. The van der Waals surface area contributed by atoms with Gasteiger partial charge in [-0.3, -0.25) is 4.98 Å². The highest BCUT2D eigenvalue weighted by Gasteiger charge is 2.17. The van der Waals surface area contributed by atoms with Crippen LogP contribution in [0.15, 0.2) is 36.4 Å². The minimum atomic E-state index is -0.347. The van der Waals surface area contributed by atoms with Gasteiger partial charge in [-0.05, 0) is 45.0 Å². The first-order valence-electron chi connectivity index (χ1n) is 7.24. The molecule has 0 saturated carbocycles. The molecule has 1 atom stereocenters. The van der Waals surface area contributed by atoms with Gasteiger partial charge < -0.3 is 10.6 Å². The van der Waals surface area contributed by atoms with E-state index in [2.05, 4.69) is 9.88 Å². The van der Waals surface area contributed by atoms with Crippen LogP contribution in [0.5, 0.6) is 0 Å². The summed E-state index contributed by atoms with van der Waals surface area (Å²) in [7, 11) is 0. The lowest BCUT2D eigenvalue weighted by Gasteiger charge is -2.27. The van der Waals surface area contributed by atoms with Gasteiger partial charge in [0.1, 0.15) is 5.82 Å². The van der Waals surface area contributed by atoms with Gasteiger partial charge in [-0.25, -0.2) is 4.39 Å². The highest BCUT2D eigenvalue weighted by molar-refractivity contribution is 5.55. The van der Waals surface area contributed by atoms with Crippen LogP contribution in [0.1, 0.15) is 36.8 Å². The van der Waals surface area contributed by atoms with Crippen LogP contribution in [0.25, 0.3) is 0 Å². The minimum absolute atomic E-state index is 0.252. The molecule has 0 saturated heterocycles. The molecule has 1 unspecified atom stereocenters. The molecule has 3 nitrogen and oxygen atoms in total. The number of hydrogen-bond donors (Lipinski definition) is 1. The Morgan fingerprint density at radius 3 is 2.57 bits per heavy atom. The van der Waals surface area contributed by atoms with Gasteiger partial charge in [0.05, 0.1) is 12.2 Å². The molecule has 1 aromatic heterocycles. The fourth-order valence-corrected chi connectivity index (χ4v) is 2.50. The Bertz CT molecular complexity index is 611. The Balaban J connectivity index is 2.36.